The van der Waals surface area contributed by atoms with Crippen LogP contribution >= 0.6 is 0 Å². The molecule has 0 saturated carbocycles. The predicted octanol–water partition coefficient (Wildman–Crippen LogP) is -9.37. The number of carbonyl (C=O) groups is 2. The molecule has 4 saturated heterocycles. The average Bonchev–Trinajstić information content (AvgIpc) is 3.11. The summed E-state index contributed by atoms with van der Waals surface area (Å²) in [5.74, 6) is -5.90. The predicted molar refractivity (Wildman–Crippen MR) is 161 cm³/mol. The average molecular weight is 780 g/mol. The summed E-state index contributed by atoms with van der Waals surface area (Å²) in [5, 5.41) is 148. The van der Waals surface area contributed by atoms with Crippen LogP contribution in [-0.4, -0.2) is 232 Å². The van der Waals surface area contributed by atoms with Crippen LogP contribution in [0.25, 0.3) is 0 Å². The molecule has 0 aliphatic carbocycles. The van der Waals surface area contributed by atoms with E-state index >= 15 is 0 Å². The quantitative estimate of drug-likeness (QED) is 0.0825. The molecule has 0 aromatic carbocycles. The number of rotatable bonds is 13. The molecule has 21 atom stereocenters. The Labute approximate surface area is 300 Å². The summed E-state index contributed by atoms with van der Waals surface area (Å²) in [7, 11) is 0. The molecule has 19 unspecified atom stereocenters. The minimum absolute atomic E-state index is 0.779. The maximum atomic E-state index is 12.8. The molecule has 4 heterocycles. The van der Waals surface area contributed by atoms with Gasteiger partial charge in [0.2, 0.25) is 5.91 Å². The molecule has 1 amide bonds. The van der Waals surface area contributed by atoms with E-state index in [0.717, 1.165) is 6.92 Å². The van der Waals surface area contributed by atoms with Crippen molar-refractivity contribution in [2.45, 2.75) is 149 Å². The second-order valence-electron chi connectivity index (χ2n) is 13.3. The van der Waals surface area contributed by atoms with Gasteiger partial charge in [-0.3, -0.25) is 4.79 Å². The van der Waals surface area contributed by atoms with Gasteiger partial charge in [0.1, 0.15) is 85.5 Å². The minimum Gasteiger partial charge on any atom is -0.477 e. The molecular formula is C29H49NO23. The molecule has 0 radical (unpaired) electrons. The lowest BCUT2D eigenvalue weighted by molar-refractivity contribution is -0.396. The number of carboxylic acids is 1. The van der Waals surface area contributed by atoms with Crippen LogP contribution in [0.5, 0.6) is 0 Å². The van der Waals surface area contributed by atoms with Crippen LogP contribution in [0.1, 0.15) is 20.3 Å². The highest BCUT2D eigenvalue weighted by molar-refractivity contribution is 5.76. The topological polar surface area (TPSA) is 394 Å². The fourth-order valence-corrected chi connectivity index (χ4v) is 6.58. The Morgan fingerprint density at radius 3 is 1.94 bits per heavy atom. The number of ether oxygens (including phenoxy) is 7. The van der Waals surface area contributed by atoms with Gasteiger partial charge in [0.15, 0.2) is 18.9 Å². The minimum atomic E-state index is -3.10. The van der Waals surface area contributed by atoms with E-state index < -0.39 is 166 Å². The molecule has 0 aromatic heterocycles. The first-order valence-corrected chi connectivity index (χ1v) is 16.6. The van der Waals surface area contributed by atoms with Crippen molar-refractivity contribution < 1.29 is 114 Å². The van der Waals surface area contributed by atoms with Gasteiger partial charge in [-0.05, 0) is 6.92 Å². The summed E-state index contributed by atoms with van der Waals surface area (Å²) >= 11 is 0. The number of aliphatic hydroxyl groups excluding tert-OH is 13. The largest absolute Gasteiger partial charge is 0.477 e. The molecule has 308 valence electrons. The smallest absolute Gasteiger partial charge is 0.364 e. The number of amides is 1. The van der Waals surface area contributed by atoms with Crippen molar-refractivity contribution in [1.82, 2.24) is 5.32 Å². The number of aliphatic carboxylic acids is 1. The molecule has 4 aliphatic rings. The summed E-state index contributed by atoms with van der Waals surface area (Å²) in [6.45, 7) is -0.758. The molecule has 0 spiro atoms. The van der Waals surface area contributed by atoms with Crippen LogP contribution in [0.3, 0.4) is 0 Å². The number of nitrogens with one attached hydrogen (secondary N) is 1. The number of hydrogen-bond acceptors (Lipinski definition) is 22. The monoisotopic (exact) mass is 779 g/mol. The Morgan fingerprint density at radius 1 is 0.774 bits per heavy atom. The molecule has 4 rings (SSSR count). The van der Waals surface area contributed by atoms with Gasteiger partial charge in [-0.1, -0.05) is 0 Å². The van der Waals surface area contributed by atoms with E-state index in [1.54, 1.807) is 0 Å². The number of aliphatic hydroxyl groups is 13. The highest BCUT2D eigenvalue weighted by atomic mass is 16.8. The van der Waals surface area contributed by atoms with Gasteiger partial charge in [-0.2, -0.15) is 0 Å². The highest BCUT2D eigenvalue weighted by Crippen LogP contribution is 2.39. The first-order valence-electron chi connectivity index (χ1n) is 16.6. The van der Waals surface area contributed by atoms with Gasteiger partial charge in [-0.15, -0.1) is 0 Å². The Morgan fingerprint density at radius 2 is 1.38 bits per heavy atom. The second kappa shape index (κ2) is 17.9. The van der Waals surface area contributed by atoms with Gasteiger partial charge in [0.05, 0.1) is 38.1 Å². The van der Waals surface area contributed by atoms with Crippen LogP contribution in [0, 0.1) is 0 Å². The molecule has 4 fully saturated rings. The molecule has 0 bridgehead atoms. The molecule has 0 aromatic rings. The van der Waals surface area contributed by atoms with E-state index in [9.17, 15) is 81.1 Å². The summed E-state index contributed by atoms with van der Waals surface area (Å²) in [5.41, 5.74) is 0. The number of carboxylic acid groups (broad SMARTS) is 1. The Kier molecular flexibility index (Phi) is 14.9. The lowest BCUT2D eigenvalue weighted by Gasteiger charge is -2.51. The van der Waals surface area contributed by atoms with Crippen molar-refractivity contribution in [2.75, 3.05) is 19.8 Å². The van der Waals surface area contributed by atoms with Crippen molar-refractivity contribution in [2.24, 2.45) is 0 Å². The third kappa shape index (κ3) is 9.08. The Bertz CT molecular complexity index is 1220. The molecule has 24 nitrogen and oxygen atoms in total. The SMILES string of the molecule is CC(=O)NC1C(O)CC(OC2C(O)C(CO)OC(OC3C(CO)OC(O)C(O)C3OC3OC(C)C(O)C(O)C3O)C2O)(C(=O)O)OC1[C@H](O)[C@H](O)CO. The van der Waals surface area contributed by atoms with Crippen molar-refractivity contribution in [3.63, 3.8) is 0 Å². The molecule has 15 N–H and O–H groups in total. The standard InChI is InChI=1S/C29H49NO23/c1-7-14(37)17(40)18(41)26(47-7)51-24-19(42)25(44)48-12(6-33)21(24)50-27-20(43)23(16(39)11(5-32)49-27)53-29(28(45)46)3-9(35)13(30-8(2)34)22(52-29)15(38)10(36)4-31/h7,9-27,31-33,35-44H,3-6H2,1-2H3,(H,30,34)(H,45,46)/t7?,9?,10-,11?,12?,13?,14?,15-,16?,17?,18?,19?,20?,21?,22?,23?,24?,25?,26?,27?,29?/m1/s1. The van der Waals surface area contributed by atoms with Crippen molar-refractivity contribution >= 4 is 11.9 Å². The first kappa shape index (κ1) is 43.9. The molecule has 24 heteroatoms. The summed E-state index contributed by atoms with van der Waals surface area (Å²) < 4.78 is 38.8. The van der Waals surface area contributed by atoms with Crippen LogP contribution in [0.2, 0.25) is 0 Å². The summed E-state index contributed by atoms with van der Waals surface area (Å²) in [6.07, 6.45) is -37.3. The third-order valence-electron chi connectivity index (χ3n) is 9.54. The van der Waals surface area contributed by atoms with E-state index in [0.29, 0.717) is 0 Å². The van der Waals surface area contributed by atoms with Crippen LogP contribution in [-0.2, 0) is 42.7 Å². The lowest BCUT2D eigenvalue weighted by Crippen LogP contribution is -2.71. The van der Waals surface area contributed by atoms with E-state index in [-0.39, 0.29) is 0 Å². The van der Waals surface area contributed by atoms with Gasteiger partial charge in [0, 0.05) is 13.3 Å². The molecule has 53 heavy (non-hydrogen) atoms. The van der Waals surface area contributed by atoms with Crippen molar-refractivity contribution in [1.29, 1.82) is 0 Å². The van der Waals surface area contributed by atoms with E-state index in [4.69, 9.17) is 33.2 Å². The zero-order valence-corrected chi connectivity index (χ0v) is 28.3. The van der Waals surface area contributed by atoms with E-state index in [1.165, 1.54) is 6.92 Å². The normalized spacial score (nSPS) is 47.8. The van der Waals surface area contributed by atoms with Crippen LogP contribution in [0.4, 0.5) is 0 Å². The van der Waals surface area contributed by atoms with Gasteiger partial charge < -0.3 is 110 Å². The fraction of sp³-hybridized carbons (Fsp3) is 0.931. The highest BCUT2D eigenvalue weighted by Gasteiger charge is 2.60. The molecule has 4 aliphatic heterocycles. The summed E-state index contributed by atoms with van der Waals surface area (Å²) in [6, 6.07) is -1.59. The van der Waals surface area contributed by atoms with Crippen molar-refractivity contribution in [3.05, 3.63) is 0 Å². The fourth-order valence-electron chi connectivity index (χ4n) is 6.58. The summed E-state index contributed by atoms with van der Waals surface area (Å²) in [4.78, 5) is 24.6. The van der Waals surface area contributed by atoms with Gasteiger partial charge >= 0.3 is 5.97 Å². The second-order valence-corrected chi connectivity index (χ2v) is 13.3. The van der Waals surface area contributed by atoms with Crippen LogP contribution in [0.15, 0.2) is 0 Å². The van der Waals surface area contributed by atoms with E-state index in [2.05, 4.69) is 5.32 Å². The lowest BCUT2D eigenvalue weighted by atomic mass is 9.88. The Balaban J connectivity index is 1.66. The first-order chi connectivity index (χ1) is 24.8. The third-order valence-corrected chi connectivity index (χ3v) is 9.54. The number of carbonyl (C=O) groups excluding carboxylic acids is 1. The van der Waals surface area contributed by atoms with Gasteiger partial charge in [0.25, 0.3) is 5.79 Å². The van der Waals surface area contributed by atoms with Crippen molar-refractivity contribution in [3.8, 4) is 0 Å². The Hall–Kier alpha value is -1.86. The molecular weight excluding hydrogens is 730 g/mol. The van der Waals surface area contributed by atoms with E-state index in [1.807, 2.05) is 0 Å². The zero-order valence-electron chi connectivity index (χ0n) is 28.3. The zero-order chi connectivity index (χ0) is 39.7. The van der Waals surface area contributed by atoms with Crippen LogP contribution < -0.4 is 5.32 Å². The maximum absolute atomic E-state index is 12.8. The van der Waals surface area contributed by atoms with Gasteiger partial charge in [-0.25, -0.2) is 4.79 Å². The maximum Gasteiger partial charge on any atom is 0.364 e. The number of hydrogen-bond donors (Lipinski definition) is 15.